The monoisotopic (exact) mass is 984 g/mol. The number of hydrogen-bond acceptors (Lipinski definition) is 17. The predicted molar refractivity (Wildman–Crippen MR) is 251 cm³/mol. The number of esters is 5. The number of Topliss-reactive ketones (excluding diaryl/α,β-unsaturated/α-hetero) is 1. The molecule has 0 amide bonds. The summed E-state index contributed by atoms with van der Waals surface area (Å²) in [5.74, 6) is -7.21. The maximum absolute atomic E-state index is 15.1. The molecule has 1 heterocycles. The first-order chi connectivity index (χ1) is 33.8. The Morgan fingerprint density at radius 1 is 0.831 bits per heavy atom. The SMILES string of the molecule is CC(=O)O[C@@]12COC1CC(O)C1(C)C(=O)C(O)C3=C(C)C(OC(=O)C(OC(=O)COCCOCCCC(=O)OCc4ccccc4)C(C)c4ccccc4)CC(O)(C(OC(=O)c4ccccc4)C12)C3(C)C. The molecule has 17 nitrogen and oxygen atoms in total. The molecule has 0 aromatic heterocycles. The van der Waals surface area contributed by atoms with Crippen LogP contribution in [0, 0.1) is 16.7 Å². The van der Waals surface area contributed by atoms with Crippen molar-refractivity contribution in [1.82, 2.24) is 0 Å². The lowest BCUT2D eigenvalue weighted by Gasteiger charge is -2.67. The van der Waals surface area contributed by atoms with Crippen molar-refractivity contribution in [1.29, 1.82) is 0 Å². The number of fused-ring (bicyclic) bond motifs is 5. The smallest absolute Gasteiger partial charge is 0.348 e. The summed E-state index contributed by atoms with van der Waals surface area (Å²) in [4.78, 5) is 82.6. The van der Waals surface area contributed by atoms with Crippen LogP contribution in [0.15, 0.2) is 102 Å². The molecule has 7 rings (SSSR count). The number of ether oxygens (including phenoxy) is 8. The molecule has 3 N–H and O–H groups in total. The van der Waals surface area contributed by atoms with Gasteiger partial charge in [-0.15, -0.1) is 0 Å². The first-order valence-electron chi connectivity index (χ1n) is 24.0. The van der Waals surface area contributed by atoms with E-state index in [1.807, 2.05) is 30.3 Å². The number of hydrogen-bond donors (Lipinski definition) is 3. The average Bonchev–Trinajstić information content (AvgIpc) is 3.35. The maximum Gasteiger partial charge on any atom is 0.348 e. The van der Waals surface area contributed by atoms with E-state index in [2.05, 4.69) is 0 Å². The van der Waals surface area contributed by atoms with Gasteiger partial charge in [0.15, 0.2) is 11.4 Å². The zero-order valence-corrected chi connectivity index (χ0v) is 40.9. The van der Waals surface area contributed by atoms with Crippen LogP contribution in [-0.2, 0) is 68.5 Å². The number of ketones is 1. The van der Waals surface area contributed by atoms with Gasteiger partial charge in [0, 0.05) is 44.1 Å². The lowest BCUT2D eigenvalue weighted by molar-refractivity contribution is -0.346. The van der Waals surface area contributed by atoms with Crippen molar-refractivity contribution in [3.05, 3.63) is 119 Å². The number of carbonyl (C=O) groups excluding carboxylic acids is 6. The van der Waals surface area contributed by atoms with Gasteiger partial charge >= 0.3 is 29.8 Å². The van der Waals surface area contributed by atoms with Gasteiger partial charge in [0.1, 0.15) is 43.2 Å². The van der Waals surface area contributed by atoms with Gasteiger partial charge in [-0.1, -0.05) is 99.6 Å². The Balaban J connectivity index is 1.12. The Morgan fingerprint density at radius 2 is 1.46 bits per heavy atom. The van der Waals surface area contributed by atoms with Crippen molar-refractivity contribution in [3.8, 4) is 0 Å². The molecule has 3 fully saturated rings. The fraction of sp³-hybridized carbons (Fsp3) is 0.519. The predicted octanol–water partition coefficient (Wildman–Crippen LogP) is 4.91. The Morgan fingerprint density at radius 3 is 2.10 bits per heavy atom. The summed E-state index contributed by atoms with van der Waals surface area (Å²) in [5.41, 5.74) is -6.03. The highest BCUT2D eigenvalue weighted by atomic mass is 16.6. The van der Waals surface area contributed by atoms with Crippen LogP contribution < -0.4 is 0 Å². The number of carbonyl (C=O) groups is 6. The van der Waals surface area contributed by atoms with E-state index in [0.29, 0.717) is 12.0 Å². The molecule has 3 aromatic rings. The molecule has 1 aliphatic heterocycles. The van der Waals surface area contributed by atoms with E-state index in [9.17, 15) is 39.3 Å². The summed E-state index contributed by atoms with van der Waals surface area (Å²) in [6, 6.07) is 26.0. The Hall–Kier alpha value is -5.82. The molecule has 71 heavy (non-hydrogen) atoms. The van der Waals surface area contributed by atoms with Gasteiger partial charge in [0.2, 0.25) is 6.10 Å². The number of aliphatic hydroxyl groups excluding tert-OH is 2. The van der Waals surface area contributed by atoms with Crippen LogP contribution in [0.3, 0.4) is 0 Å². The van der Waals surface area contributed by atoms with Crippen LogP contribution in [0.4, 0.5) is 0 Å². The molecular formula is C54H64O17. The minimum absolute atomic E-state index is 0.0140. The molecule has 0 radical (unpaired) electrons. The van der Waals surface area contributed by atoms with Gasteiger partial charge in [-0.3, -0.25) is 14.4 Å². The third-order valence-corrected chi connectivity index (χ3v) is 15.0. The van der Waals surface area contributed by atoms with E-state index >= 15 is 4.79 Å². The summed E-state index contributed by atoms with van der Waals surface area (Å²) in [6.45, 7) is 8.54. The molecule has 2 bridgehead atoms. The quantitative estimate of drug-likeness (QED) is 0.0627. The standard InChI is InChI=1S/C54H64O17/c1-32(36-19-12-8-13-20-36)45(69-42(58)30-65-26-25-64-24-16-23-41(57)66-29-35-17-10-7-11-18-35)50(62)68-38-28-54(63)48(70-49(61)37-21-14-9-15-22-37)46-52(6,47(60)44(59)43(33(38)2)51(54,4)5)39(56)27-40-53(46,31-67-40)71-34(3)55/h7-15,17-22,32,38-40,44-46,48,56,59,63H,16,23-31H2,1-6H3/t32?,38?,39?,40?,44?,45?,46?,48?,52?,53-,54?/m0/s1. The van der Waals surface area contributed by atoms with E-state index in [4.69, 9.17) is 37.9 Å². The fourth-order valence-corrected chi connectivity index (χ4v) is 10.9. The van der Waals surface area contributed by atoms with Gasteiger partial charge in [-0.25, -0.2) is 14.4 Å². The normalized spacial score (nSPS) is 29.3. The highest BCUT2D eigenvalue weighted by Gasteiger charge is 2.78. The molecule has 11 atom stereocenters. The Labute approximate surface area is 412 Å². The lowest BCUT2D eigenvalue weighted by atomic mass is 9.44. The maximum atomic E-state index is 15.1. The summed E-state index contributed by atoms with van der Waals surface area (Å²) in [6.07, 6.45) is -9.50. The summed E-state index contributed by atoms with van der Waals surface area (Å²) >= 11 is 0. The Kier molecular flexibility index (Phi) is 16.3. The highest BCUT2D eigenvalue weighted by molar-refractivity contribution is 5.94. The minimum atomic E-state index is -2.35. The number of rotatable bonds is 19. The van der Waals surface area contributed by atoms with Gasteiger partial charge in [0.05, 0.1) is 42.8 Å². The van der Waals surface area contributed by atoms with Crippen LogP contribution in [0.2, 0.25) is 0 Å². The van der Waals surface area contributed by atoms with E-state index in [1.165, 1.54) is 19.1 Å². The van der Waals surface area contributed by atoms with Crippen LogP contribution in [0.1, 0.15) is 94.6 Å². The van der Waals surface area contributed by atoms with Crippen molar-refractivity contribution in [2.45, 2.75) is 128 Å². The third-order valence-electron chi connectivity index (χ3n) is 15.0. The topological polar surface area (TPSA) is 237 Å². The summed E-state index contributed by atoms with van der Waals surface area (Å²) in [5, 5.41) is 37.9. The zero-order chi connectivity index (χ0) is 51.3. The van der Waals surface area contributed by atoms with E-state index in [1.54, 1.807) is 76.2 Å². The molecule has 0 spiro atoms. The van der Waals surface area contributed by atoms with Gasteiger partial charge < -0.3 is 53.2 Å². The second kappa shape index (κ2) is 21.9. The van der Waals surface area contributed by atoms with Gasteiger partial charge in [0.25, 0.3) is 0 Å². The van der Waals surface area contributed by atoms with Crippen molar-refractivity contribution in [3.63, 3.8) is 0 Å². The number of aliphatic hydroxyl groups is 3. The minimum Gasteiger partial charge on any atom is -0.461 e. The summed E-state index contributed by atoms with van der Waals surface area (Å²) < 4.78 is 46.7. The molecular weight excluding hydrogens is 921 g/mol. The van der Waals surface area contributed by atoms with Gasteiger partial charge in [-0.2, -0.15) is 0 Å². The van der Waals surface area contributed by atoms with Crippen molar-refractivity contribution in [2.24, 2.45) is 16.7 Å². The second-order valence-electron chi connectivity index (χ2n) is 19.6. The molecule has 1 saturated heterocycles. The van der Waals surface area contributed by atoms with Gasteiger partial charge in [-0.05, 0) is 54.7 Å². The molecule has 10 unspecified atom stereocenters. The van der Waals surface area contributed by atoms with Crippen LogP contribution >= 0.6 is 0 Å². The fourth-order valence-electron chi connectivity index (χ4n) is 10.9. The van der Waals surface area contributed by atoms with Crippen LogP contribution in [-0.4, -0.2) is 132 Å². The molecule has 4 aliphatic rings. The largest absolute Gasteiger partial charge is 0.461 e. The molecule has 3 aliphatic carbocycles. The van der Waals surface area contributed by atoms with Crippen molar-refractivity contribution >= 4 is 35.6 Å². The van der Waals surface area contributed by atoms with Crippen LogP contribution in [0.5, 0.6) is 0 Å². The molecule has 2 saturated carbocycles. The van der Waals surface area contributed by atoms with E-state index < -0.39 is 113 Å². The van der Waals surface area contributed by atoms with E-state index in [0.717, 1.165) is 12.5 Å². The van der Waals surface area contributed by atoms with Crippen molar-refractivity contribution < 1.29 is 82.0 Å². The second-order valence-corrected chi connectivity index (χ2v) is 19.6. The number of benzene rings is 3. The highest BCUT2D eigenvalue weighted by Crippen LogP contribution is 2.64. The zero-order valence-electron chi connectivity index (χ0n) is 40.9. The van der Waals surface area contributed by atoms with E-state index in [-0.39, 0.29) is 68.6 Å². The first kappa shape index (κ1) is 53.0. The third kappa shape index (κ3) is 10.6. The Bertz CT molecular complexity index is 2440. The molecule has 17 heteroatoms. The van der Waals surface area contributed by atoms with Crippen LogP contribution in [0.25, 0.3) is 0 Å². The summed E-state index contributed by atoms with van der Waals surface area (Å²) in [7, 11) is 0. The van der Waals surface area contributed by atoms with Crippen molar-refractivity contribution in [2.75, 3.05) is 33.0 Å². The molecule has 3 aromatic carbocycles. The average molecular weight is 985 g/mol. The first-order valence-corrected chi connectivity index (χ1v) is 24.0. The molecule has 382 valence electrons. The lowest BCUT2D eigenvalue weighted by Crippen LogP contribution is -2.81.